The summed E-state index contributed by atoms with van der Waals surface area (Å²) in [6, 6.07) is 5.94. The third-order valence-corrected chi connectivity index (χ3v) is 5.37. The van der Waals surface area contributed by atoms with Crippen LogP contribution < -0.4 is 5.32 Å². The maximum atomic E-state index is 12.4. The predicted molar refractivity (Wildman–Crippen MR) is 90.8 cm³/mol. The lowest BCUT2D eigenvalue weighted by Gasteiger charge is -2.31. The molecule has 120 valence electrons. The van der Waals surface area contributed by atoms with Crippen molar-refractivity contribution in [3.8, 4) is 0 Å². The summed E-state index contributed by atoms with van der Waals surface area (Å²) in [5, 5.41) is 4.07. The summed E-state index contributed by atoms with van der Waals surface area (Å²) >= 11 is 12.0. The molecule has 1 aromatic carbocycles. The van der Waals surface area contributed by atoms with Gasteiger partial charge >= 0.3 is 0 Å². The van der Waals surface area contributed by atoms with Gasteiger partial charge in [0.1, 0.15) is 0 Å². The van der Waals surface area contributed by atoms with Gasteiger partial charge in [-0.1, -0.05) is 42.5 Å². The fourth-order valence-corrected chi connectivity index (χ4v) is 4.11. The van der Waals surface area contributed by atoms with Gasteiger partial charge in [-0.2, -0.15) is 0 Å². The van der Waals surface area contributed by atoms with Crippen LogP contribution in [0.5, 0.6) is 0 Å². The average Bonchev–Trinajstić information content (AvgIpc) is 2.96. The Morgan fingerprint density at radius 3 is 2.64 bits per heavy atom. The van der Waals surface area contributed by atoms with Gasteiger partial charge in [-0.15, -0.1) is 0 Å². The molecule has 22 heavy (non-hydrogen) atoms. The van der Waals surface area contributed by atoms with Gasteiger partial charge in [-0.05, 0) is 37.5 Å². The lowest BCUT2D eigenvalue weighted by molar-refractivity contribution is 0.0935. The highest BCUT2D eigenvalue weighted by Gasteiger charge is 2.30. The Kier molecular flexibility index (Phi) is 5.27. The zero-order chi connectivity index (χ0) is 15.5. The van der Waals surface area contributed by atoms with E-state index in [1.807, 2.05) is 0 Å². The first-order valence-electron chi connectivity index (χ1n) is 8.13. The largest absolute Gasteiger partial charge is 0.348 e. The monoisotopic (exact) mass is 340 g/mol. The van der Waals surface area contributed by atoms with Crippen LogP contribution in [-0.4, -0.2) is 36.0 Å². The van der Waals surface area contributed by atoms with Crippen molar-refractivity contribution in [3.63, 3.8) is 0 Å². The Bertz CT molecular complexity index is 543. The smallest absolute Gasteiger partial charge is 0.253 e. The van der Waals surface area contributed by atoms with Crippen molar-refractivity contribution in [2.75, 3.05) is 13.1 Å². The minimum Gasteiger partial charge on any atom is -0.348 e. The number of amides is 1. The highest BCUT2D eigenvalue weighted by molar-refractivity contribution is 6.36. The van der Waals surface area contributed by atoms with Crippen LogP contribution in [0.3, 0.4) is 0 Å². The summed E-state index contributed by atoms with van der Waals surface area (Å²) in [5.41, 5.74) is 0.502. The molecule has 0 radical (unpaired) electrons. The van der Waals surface area contributed by atoms with Crippen molar-refractivity contribution in [1.29, 1.82) is 0 Å². The van der Waals surface area contributed by atoms with E-state index in [1.165, 1.54) is 32.1 Å². The minimum absolute atomic E-state index is 0.0999. The summed E-state index contributed by atoms with van der Waals surface area (Å²) in [6.45, 7) is 2.05. The molecule has 1 aliphatic carbocycles. The molecule has 3 rings (SSSR count). The summed E-state index contributed by atoms with van der Waals surface area (Å²) in [6.07, 6.45) is 7.71. The zero-order valence-corrected chi connectivity index (χ0v) is 14.2. The first kappa shape index (κ1) is 16.1. The number of carbonyl (C=O) groups excluding carboxylic acids is 1. The molecule has 0 spiro atoms. The number of likely N-dealkylation sites (tertiary alicyclic amines) is 1. The van der Waals surface area contributed by atoms with E-state index < -0.39 is 0 Å². The van der Waals surface area contributed by atoms with Crippen LogP contribution in [0, 0.1) is 0 Å². The van der Waals surface area contributed by atoms with Gasteiger partial charge in [0, 0.05) is 30.2 Å². The van der Waals surface area contributed by atoms with Gasteiger partial charge in [-0.3, -0.25) is 9.69 Å². The Labute approximate surface area is 142 Å². The first-order chi connectivity index (χ1) is 10.6. The molecule has 1 atom stereocenters. The zero-order valence-electron chi connectivity index (χ0n) is 12.7. The second-order valence-corrected chi connectivity index (χ2v) is 7.21. The highest BCUT2D eigenvalue weighted by Crippen LogP contribution is 2.26. The standard InChI is InChI=1S/C17H22Cl2N2O/c18-12-6-7-15(16(19)10-12)17(22)20-13-8-9-21(11-13)14-4-2-1-3-5-14/h6-7,10,13-14H,1-5,8-9,11H2,(H,20,22). The van der Waals surface area contributed by atoms with E-state index in [-0.39, 0.29) is 11.9 Å². The van der Waals surface area contributed by atoms with Crippen LogP contribution >= 0.6 is 23.2 Å². The minimum atomic E-state index is -0.0999. The van der Waals surface area contributed by atoms with E-state index in [2.05, 4.69) is 10.2 Å². The topological polar surface area (TPSA) is 32.3 Å². The molecule has 1 amide bonds. The summed E-state index contributed by atoms with van der Waals surface area (Å²) in [4.78, 5) is 14.9. The summed E-state index contributed by atoms with van der Waals surface area (Å²) in [5.74, 6) is -0.0999. The molecule has 1 aromatic rings. The Morgan fingerprint density at radius 1 is 1.14 bits per heavy atom. The highest BCUT2D eigenvalue weighted by atomic mass is 35.5. The van der Waals surface area contributed by atoms with Crippen LogP contribution in [0.15, 0.2) is 18.2 Å². The van der Waals surface area contributed by atoms with E-state index in [4.69, 9.17) is 23.2 Å². The van der Waals surface area contributed by atoms with Crippen molar-refractivity contribution in [3.05, 3.63) is 33.8 Å². The van der Waals surface area contributed by atoms with Crippen LogP contribution in [-0.2, 0) is 0 Å². The van der Waals surface area contributed by atoms with E-state index in [9.17, 15) is 4.79 Å². The number of halogens is 2. The predicted octanol–water partition coefficient (Wildman–Crippen LogP) is 4.13. The van der Waals surface area contributed by atoms with E-state index >= 15 is 0 Å². The Balaban J connectivity index is 1.56. The van der Waals surface area contributed by atoms with Gasteiger partial charge in [-0.25, -0.2) is 0 Å². The van der Waals surface area contributed by atoms with Crippen molar-refractivity contribution >= 4 is 29.1 Å². The number of benzene rings is 1. The van der Waals surface area contributed by atoms with Gasteiger partial charge < -0.3 is 5.32 Å². The maximum Gasteiger partial charge on any atom is 0.253 e. The Hall–Kier alpha value is -0.770. The maximum absolute atomic E-state index is 12.4. The molecular formula is C17H22Cl2N2O. The number of nitrogens with zero attached hydrogens (tertiary/aromatic N) is 1. The van der Waals surface area contributed by atoms with Crippen LogP contribution in [0.2, 0.25) is 10.0 Å². The number of nitrogens with one attached hydrogen (secondary N) is 1. The summed E-state index contributed by atoms with van der Waals surface area (Å²) < 4.78 is 0. The molecule has 3 nitrogen and oxygen atoms in total. The number of carbonyl (C=O) groups is 1. The molecule has 0 bridgehead atoms. The fraction of sp³-hybridized carbons (Fsp3) is 0.588. The molecule has 0 aromatic heterocycles. The first-order valence-corrected chi connectivity index (χ1v) is 8.89. The molecule has 1 N–H and O–H groups in total. The second-order valence-electron chi connectivity index (χ2n) is 6.37. The Morgan fingerprint density at radius 2 is 1.91 bits per heavy atom. The van der Waals surface area contributed by atoms with Crippen LogP contribution in [0.1, 0.15) is 48.9 Å². The molecule has 1 saturated heterocycles. The molecule has 5 heteroatoms. The second kappa shape index (κ2) is 7.20. The summed E-state index contributed by atoms with van der Waals surface area (Å²) in [7, 11) is 0. The number of hydrogen-bond donors (Lipinski definition) is 1. The van der Waals surface area contributed by atoms with Crippen LogP contribution in [0.4, 0.5) is 0 Å². The van der Waals surface area contributed by atoms with E-state index in [0.29, 0.717) is 15.6 Å². The van der Waals surface area contributed by atoms with Crippen molar-refractivity contribution < 1.29 is 4.79 Å². The lowest BCUT2D eigenvalue weighted by atomic mass is 9.94. The fourth-order valence-electron chi connectivity index (χ4n) is 3.62. The third-order valence-electron chi connectivity index (χ3n) is 4.82. The van der Waals surface area contributed by atoms with Crippen molar-refractivity contribution in [2.45, 2.75) is 50.6 Å². The van der Waals surface area contributed by atoms with Crippen LogP contribution in [0.25, 0.3) is 0 Å². The van der Waals surface area contributed by atoms with E-state index in [0.717, 1.165) is 25.6 Å². The van der Waals surface area contributed by atoms with Gasteiger partial charge in [0.05, 0.1) is 10.6 Å². The molecular weight excluding hydrogens is 319 g/mol. The quantitative estimate of drug-likeness (QED) is 0.897. The average molecular weight is 341 g/mol. The molecule has 1 heterocycles. The SMILES string of the molecule is O=C(NC1CCN(C2CCCCC2)C1)c1ccc(Cl)cc1Cl. The van der Waals surface area contributed by atoms with Crippen molar-refractivity contribution in [1.82, 2.24) is 10.2 Å². The molecule has 2 fully saturated rings. The number of rotatable bonds is 3. The molecule has 1 saturated carbocycles. The number of hydrogen-bond acceptors (Lipinski definition) is 2. The normalized spacial score (nSPS) is 23.6. The third kappa shape index (κ3) is 3.76. The van der Waals surface area contributed by atoms with Gasteiger partial charge in [0.15, 0.2) is 0 Å². The molecule has 1 unspecified atom stereocenters. The lowest BCUT2D eigenvalue weighted by Crippen LogP contribution is -2.40. The molecule has 1 aliphatic heterocycles. The molecule has 2 aliphatic rings. The van der Waals surface area contributed by atoms with Gasteiger partial charge in [0.2, 0.25) is 0 Å². The van der Waals surface area contributed by atoms with E-state index in [1.54, 1.807) is 18.2 Å². The van der Waals surface area contributed by atoms with Crippen molar-refractivity contribution in [2.24, 2.45) is 0 Å². The van der Waals surface area contributed by atoms with Gasteiger partial charge in [0.25, 0.3) is 5.91 Å².